The van der Waals surface area contributed by atoms with Crippen LogP contribution in [-0.2, 0) is 11.4 Å². The van der Waals surface area contributed by atoms with Crippen molar-refractivity contribution in [2.24, 2.45) is 0 Å². The number of halogens is 1. The third kappa shape index (κ3) is 3.97. The Morgan fingerprint density at radius 2 is 1.91 bits per heavy atom. The molecule has 0 bridgehead atoms. The molecule has 1 fully saturated rings. The fourth-order valence-electron chi connectivity index (χ4n) is 2.11. The highest BCUT2D eigenvalue weighted by atomic mass is 79.9. The third-order valence-electron chi connectivity index (χ3n) is 3.22. The number of carbonyl (C=O) groups excluding carboxylic acids is 1. The first kappa shape index (κ1) is 15.7. The largest absolute Gasteiger partial charge is 0.488 e. The van der Waals surface area contributed by atoms with E-state index in [1.165, 1.54) is 0 Å². The van der Waals surface area contributed by atoms with E-state index >= 15 is 0 Å². The van der Waals surface area contributed by atoms with Crippen LogP contribution in [0.2, 0.25) is 0 Å². The maximum Gasteiger partial charge on any atom is 0.273 e. The van der Waals surface area contributed by atoms with Gasteiger partial charge < -0.3 is 10.1 Å². The standard InChI is InChI=1S/C17H13BrN2O2S/c18-13-8-12(9-14-16(21)20-17(23)19-14)6-7-15(13)22-10-11-4-2-1-3-5-11/h1-9H,10H2,(H2,19,20,21,23)/b14-9+. The summed E-state index contributed by atoms with van der Waals surface area (Å²) in [6.45, 7) is 0.498. The predicted molar refractivity (Wildman–Crippen MR) is 96.8 cm³/mol. The van der Waals surface area contributed by atoms with Gasteiger partial charge in [0.1, 0.15) is 18.1 Å². The van der Waals surface area contributed by atoms with E-state index in [0.717, 1.165) is 21.3 Å². The fraction of sp³-hybridized carbons (Fsp3) is 0.0588. The topological polar surface area (TPSA) is 50.4 Å². The van der Waals surface area contributed by atoms with Gasteiger partial charge in [0.25, 0.3) is 5.91 Å². The minimum Gasteiger partial charge on any atom is -0.488 e. The van der Waals surface area contributed by atoms with Crippen LogP contribution in [0.4, 0.5) is 0 Å². The third-order valence-corrected chi connectivity index (χ3v) is 4.05. The highest BCUT2D eigenvalue weighted by Crippen LogP contribution is 2.27. The van der Waals surface area contributed by atoms with Gasteiger partial charge in [-0.25, -0.2) is 0 Å². The molecule has 2 N–H and O–H groups in total. The van der Waals surface area contributed by atoms with Gasteiger partial charge in [-0.3, -0.25) is 10.1 Å². The summed E-state index contributed by atoms with van der Waals surface area (Å²) < 4.78 is 6.63. The second kappa shape index (κ2) is 6.93. The molecule has 1 saturated heterocycles. The summed E-state index contributed by atoms with van der Waals surface area (Å²) in [6.07, 6.45) is 1.74. The van der Waals surface area contributed by atoms with E-state index in [2.05, 4.69) is 26.6 Å². The number of carbonyl (C=O) groups is 1. The number of hydrogen-bond acceptors (Lipinski definition) is 3. The SMILES string of the molecule is O=C1NC(=S)N/C1=C/c1ccc(OCc2ccccc2)c(Br)c1. The van der Waals surface area contributed by atoms with Crippen LogP contribution in [0, 0.1) is 0 Å². The summed E-state index contributed by atoms with van der Waals surface area (Å²) in [6, 6.07) is 15.6. The highest BCUT2D eigenvalue weighted by Gasteiger charge is 2.19. The molecule has 1 heterocycles. The quantitative estimate of drug-likeness (QED) is 0.622. The Balaban J connectivity index is 1.72. The monoisotopic (exact) mass is 388 g/mol. The molecule has 2 aromatic carbocycles. The lowest BCUT2D eigenvalue weighted by atomic mass is 10.2. The summed E-state index contributed by atoms with van der Waals surface area (Å²) in [5.41, 5.74) is 2.40. The molecule has 0 unspecified atom stereocenters. The highest BCUT2D eigenvalue weighted by molar-refractivity contribution is 9.10. The minimum absolute atomic E-state index is 0.226. The zero-order valence-electron chi connectivity index (χ0n) is 12.0. The van der Waals surface area contributed by atoms with Crippen molar-refractivity contribution in [2.45, 2.75) is 6.61 Å². The normalized spacial score (nSPS) is 15.4. The predicted octanol–water partition coefficient (Wildman–Crippen LogP) is 3.37. The van der Waals surface area contributed by atoms with E-state index in [9.17, 15) is 4.79 Å². The summed E-state index contributed by atoms with van der Waals surface area (Å²) in [5.74, 6) is 0.519. The second-order valence-corrected chi connectivity index (χ2v) is 6.19. The molecule has 1 aliphatic heterocycles. The fourth-order valence-corrected chi connectivity index (χ4v) is 2.82. The number of rotatable bonds is 4. The van der Waals surface area contributed by atoms with Crippen molar-refractivity contribution < 1.29 is 9.53 Å². The van der Waals surface area contributed by atoms with Crippen molar-refractivity contribution in [1.29, 1.82) is 0 Å². The Morgan fingerprint density at radius 3 is 2.57 bits per heavy atom. The van der Waals surface area contributed by atoms with Crippen LogP contribution in [0.15, 0.2) is 58.7 Å². The van der Waals surface area contributed by atoms with Crippen LogP contribution in [0.3, 0.4) is 0 Å². The van der Waals surface area contributed by atoms with E-state index in [-0.39, 0.29) is 5.91 Å². The van der Waals surface area contributed by atoms with Crippen molar-refractivity contribution >= 4 is 45.2 Å². The number of benzene rings is 2. The van der Waals surface area contributed by atoms with Gasteiger partial charge in [0.05, 0.1) is 4.47 Å². The van der Waals surface area contributed by atoms with Gasteiger partial charge in [0, 0.05) is 0 Å². The average Bonchev–Trinajstić information content (AvgIpc) is 2.85. The Kier molecular flexibility index (Phi) is 4.73. The summed E-state index contributed by atoms with van der Waals surface area (Å²) in [7, 11) is 0. The number of thiocarbonyl (C=S) groups is 1. The summed E-state index contributed by atoms with van der Waals surface area (Å²) in [4.78, 5) is 11.6. The van der Waals surface area contributed by atoms with Crippen molar-refractivity contribution in [3.8, 4) is 5.75 Å². The molecule has 0 saturated carbocycles. The van der Waals surface area contributed by atoms with Gasteiger partial charge in [-0.15, -0.1) is 0 Å². The Hall–Kier alpha value is -2.18. The van der Waals surface area contributed by atoms with E-state index in [1.807, 2.05) is 48.5 Å². The molecule has 0 aliphatic carbocycles. The first-order valence-electron chi connectivity index (χ1n) is 6.92. The Bertz CT molecular complexity index is 790. The van der Waals surface area contributed by atoms with E-state index in [4.69, 9.17) is 17.0 Å². The number of amides is 1. The molecule has 3 rings (SSSR count). The average molecular weight is 389 g/mol. The van der Waals surface area contributed by atoms with Crippen LogP contribution < -0.4 is 15.4 Å². The van der Waals surface area contributed by atoms with Crippen molar-refractivity contribution in [3.63, 3.8) is 0 Å². The summed E-state index contributed by atoms with van der Waals surface area (Å²) >= 11 is 8.40. The smallest absolute Gasteiger partial charge is 0.273 e. The first-order chi connectivity index (χ1) is 11.1. The molecule has 6 heteroatoms. The van der Waals surface area contributed by atoms with Crippen molar-refractivity contribution in [1.82, 2.24) is 10.6 Å². The zero-order chi connectivity index (χ0) is 16.2. The van der Waals surface area contributed by atoms with Gasteiger partial charge in [0.15, 0.2) is 5.11 Å². The lowest BCUT2D eigenvalue weighted by Gasteiger charge is -2.09. The molecular weight excluding hydrogens is 376 g/mol. The first-order valence-corrected chi connectivity index (χ1v) is 8.12. The van der Waals surface area contributed by atoms with E-state index in [1.54, 1.807) is 6.08 Å². The van der Waals surface area contributed by atoms with Gasteiger partial charge in [-0.05, 0) is 57.5 Å². The van der Waals surface area contributed by atoms with Gasteiger partial charge in [0.2, 0.25) is 0 Å². The molecule has 0 radical (unpaired) electrons. The maximum atomic E-state index is 11.6. The lowest BCUT2D eigenvalue weighted by molar-refractivity contribution is -0.115. The van der Waals surface area contributed by atoms with E-state index < -0.39 is 0 Å². The molecule has 0 spiro atoms. The molecule has 0 atom stereocenters. The maximum absolute atomic E-state index is 11.6. The molecule has 116 valence electrons. The molecular formula is C17H13BrN2O2S. The van der Waals surface area contributed by atoms with Crippen molar-refractivity contribution in [2.75, 3.05) is 0 Å². The molecule has 0 aromatic heterocycles. The summed E-state index contributed by atoms with van der Waals surface area (Å²) in [5, 5.41) is 5.67. The van der Waals surface area contributed by atoms with Crippen LogP contribution in [0.1, 0.15) is 11.1 Å². The lowest BCUT2D eigenvalue weighted by Crippen LogP contribution is -2.21. The number of hydrogen-bond donors (Lipinski definition) is 2. The van der Waals surface area contributed by atoms with Gasteiger partial charge in [-0.1, -0.05) is 36.4 Å². The van der Waals surface area contributed by atoms with Gasteiger partial charge >= 0.3 is 0 Å². The Morgan fingerprint density at radius 1 is 1.13 bits per heavy atom. The molecule has 2 aromatic rings. The van der Waals surface area contributed by atoms with Crippen LogP contribution in [-0.4, -0.2) is 11.0 Å². The Labute approximate surface area is 147 Å². The second-order valence-electron chi connectivity index (χ2n) is 4.93. The number of nitrogens with one attached hydrogen (secondary N) is 2. The molecule has 1 amide bonds. The molecule has 1 aliphatic rings. The van der Waals surface area contributed by atoms with Crippen LogP contribution in [0.5, 0.6) is 5.75 Å². The van der Waals surface area contributed by atoms with Gasteiger partial charge in [-0.2, -0.15) is 0 Å². The minimum atomic E-state index is -0.226. The molecule has 4 nitrogen and oxygen atoms in total. The number of ether oxygens (including phenoxy) is 1. The molecule has 23 heavy (non-hydrogen) atoms. The zero-order valence-corrected chi connectivity index (χ0v) is 14.4. The van der Waals surface area contributed by atoms with E-state index in [0.29, 0.717) is 17.4 Å². The van der Waals surface area contributed by atoms with Crippen molar-refractivity contribution in [3.05, 3.63) is 69.8 Å². The van der Waals surface area contributed by atoms with Crippen LogP contribution in [0.25, 0.3) is 6.08 Å². The van der Waals surface area contributed by atoms with Crippen LogP contribution >= 0.6 is 28.1 Å².